The summed E-state index contributed by atoms with van der Waals surface area (Å²) < 4.78 is 0. The fourth-order valence-electron chi connectivity index (χ4n) is 4.13. The molecule has 0 aliphatic heterocycles. The Bertz CT molecular complexity index is 662. The van der Waals surface area contributed by atoms with E-state index >= 15 is 0 Å². The lowest BCUT2D eigenvalue weighted by Gasteiger charge is -2.34. The lowest BCUT2D eigenvalue weighted by molar-refractivity contribution is 0.0448. The largest absolute Gasteiger partial charge is 0.388 e. The molecule has 140 valence electrons. The van der Waals surface area contributed by atoms with Crippen LogP contribution in [-0.2, 0) is 0 Å². The zero-order valence-electron chi connectivity index (χ0n) is 15.9. The molecule has 2 aromatic carbocycles. The number of hydrogen-bond acceptors (Lipinski definition) is 3. The average Bonchev–Trinajstić information content (AvgIpc) is 2.65. The van der Waals surface area contributed by atoms with Gasteiger partial charge in [0, 0.05) is 22.6 Å². The molecule has 1 saturated carbocycles. The summed E-state index contributed by atoms with van der Waals surface area (Å²) in [6.07, 6.45) is 6.83. The van der Waals surface area contributed by atoms with Gasteiger partial charge >= 0.3 is 0 Å². The van der Waals surface area contributed by atoms with Gasteiger partial charge in [0.05, 0.1) is 5.60 Å². The van der Waals surface area contributed by atoms with Gasteiger partial charge in [-0.25, -0.2) is 0 Å². The van der Waals surface area contributed by atoms with Crippen LogP contribution in [0.5, 0.6) is 0 Å². The lowest BCUT2D eigenvalue weighted by atomic mass is 9.78. The third-order valence-corrected chi connectivity index (χ3v) is 6.71. The van der Waals surface area contributed by atoms with E-state index in [-0.39, 0.29) is 5.92 Å². The number of likely N-dealkylation sites (N-methyl/N-ethyl adjacent to an activating group) is 1. The van der Waals surface area contributed by atoms with Gasteiger partial charge in [-0.2, -0.15) is 0 Å². The van der Waals surface area contributed by atoms with Gasteiger partial charge in [-0.15, -0.1) is 11.8 Å². The Kier molecular flexibility index (Phi) is 6.80. The highest BCUT2D eigenvalue weighted by atomic mass is 32.2. The molecule has 0 saturated heterocycles. The van der Waals surface area contributed by atoms with Crippen LogP contribution in [0.1, 0.15) is 56.1 Å². The van der Waals surface area contributed by atoms with E-state index in [4.69, 9.17) is 0 Å². The van der Waals surface area contributed by atoms with Crippen molar-refractivity contribution in [3.8, 4) is 0 Å². The summed E-state index contributed by atoms with van der Waals surface area (Å²) in [6, 6.07) is 19.2. The first-order chi connectivity index (χ1) is 12.6. The molecular formula is C23H31NOS. The molecule has 0 bridgehead atoms. The van der Waals surface area contributed by atoms with Crippen molar-refractivity contribution in [2.75, 3.05) is 13.6 Å². The first-order valence-corrected chi connectivity index (χ1v) is 10.7. The molecule has 0 radical (unpaired) electrons. The fraction of sp³-hybridized carbons (Fsp3) is 0.478. The maximum absolute atomic E-state index is 11.1. The van der Waals surface area contributed by atoms with Gasteiger partial charge in [-0.3, -0.25) is 0 Å². The van der Waals surface area contributed by atoms with E-state index in [0.29, 0.717) is 6.54 Å². The van der Waals surface area contributed by atoms with Crippen LogP contribution in [0.4, 0.5) is 0 Å². The van der Waals surface area contributed by atoms with Crippen molar-refractivity contribution in [2.45, 2.75) is 60.7 Å². The number of aliphatic hydroxyl groups is 1. The monoisotopic (exact) mass is 369 g/mol. The number of benzene rings is 2. The molecule has 0 aromatic heterocycles. The second-order valence-electron chi connectivity index (χ2n) is 7.68. The van der Waals surface area contributed by atoms with Crippen molar-refractivity contribution in [3.63, 3.8) is 0 Å². The number of hydrogen-bond donors (Lipinski definition) is 2. The van der Waals surface area contributed by atoms with Crippen LogP contribution >= 0.6 is 11.8 Å². The van der Waals surface area contributed by atoms with Gasteiger partial charge in [0.1, 0.15) is 0 Å². The first-order valence-electron chi connectivity index (χ1n) is 9.79. The predicted octanol–water partition coefficient (Wildman–Crippen LogP) is 5.21. The van der Waals surface area contributed by atoms with Gasteiger partial charge in [-0.05, 0) is 50.1 Å². The molecule has 2 unspecified atom stereocenters. The Labute approximate surface area is 162 Å². The van der Waals surface area contributed by atoms with E-state index < -0.39 is 5.60 Å². The summed E-state index contributed by atoms with van der Waals surface area (Å²) in [5.74, 6) is -0.0510. The van der Waals surface area contributed by atoms with Crippen molar-refractivity contribution in [2.24, 2.45) is 0 Å². The van der Waals surface area contributed by atoms with Crippen LogP contribution in [0.3, 0.4) is 0 Å². The number of nitrogens with one attached hydrogen (secondary N) is 1. The van der Waals surface area contributed by atoms with Crippen molar-refractivity contribution in [3.05, 3.63) is 65.7 Å². The smallest absolute Gasteiger partial charge is 0.0851 e. The zero-order valence-corrected chi connectivity index (χ0v) is 16.8. The molecule has 2 aromatic rings. The molecule has 1 fully saturated rings. The lowest BCUT2D eigenvalue weighted by Crippen LogP contribution is -2.42. The summed E-state index contributed by atoms with van der Waals surface area (Å²) in [7, 11) is 1.89. The highest BCUT2D eigenvalue weighted by Crippen LogP contribution is 2.37. The summed E-state index contributed by atoms with van der Waals surface area (Å²) in [5, 5.41) is 15.1. The average molecular weight is 370 g/mol. The topological polar surface area (TPSA) is 32.3 Å². The van der Waals surface area contributed by atoms with Crippen molar-refractivity contribution >= 4 is 11.8 Å². The Balaban J connectivity index is 1.82. The third kappa shape index (κ3) is 4.91. The second kappa shape index (κ2) is 9.07. The normalized spacial score (nSPS) is 19.0. The van der Waals surface area contributed by atoms with E-state index in [9.17, 15) is 5.11 Å². The minimum absolute atomic E-state index is 0.0510. The maximum Gasteiger partial charge on any atom is 0.0851 e. The molecule has 26 heavy (non-hydrogen) atoms. The molecule has 3 heteroatoms. The van der Waals surface area contributed by atoms with Crippen LogP contribution < -0.4 is 5.32 Å². The molecular weight excluding hydrogens is 338 g/mol. The number of rotatable bonds is 7. The molecule has 2 N–H and O–H groups in total. The highest BCUT2D eigenvalue weighted by Gasteiger charge is 2.33. The van der Waals surface area contributed by atoms with E-state index in [1.165, 1.54) is 42.6 Å². The van der Waals surface area contributed by atoms with Gasteiger partial charge in [0.25, 0.3) is 0 Å². The van der Waals surface area contributed by atoms with Crippen molar-refractivity contribution < 1.29 is 5.11 Å². The number of thioether (sulfide) groups is 1. The van der Waals surface area contributed by atoms with Crippen LogP contribution in [0.25, 0.3) is 0 Å². The fourth-order valence-corrected chi connectivity index (χ4v) is 5.38. The predicted molar refractivity (Wildman–Crippen MR) is 112 cm³/mol. The van der Waals surface area contributed by atoms with Crippen LogP contribution in [0, 0.1) is 0 Å². The minimum atomic E-state index is -0.853. The molecule has 1 aliphatic carbocycles. The first kappa shape index (κ1) is 19.5. The van der Waals surface area contributed by atoms with Crippen molar-refractivity contribution in [1.29, 1.82) is 0 Å². The molecule has 0 heterocycles. The summed E-state index contributed by atoms with van der Waals surface area (Å²) in [4.78, 5) is 1.35. The molecule has 1 aliphatic rings. The summed E-state index contributed by atoms with van der Waals surface area (Å²) in [5.41, 5.74) is 1.47. The van der Waals surface area contributed by atoms with Gasteiger partial charge in [0.15, 0.2) is 0 Å². The molecule has 0 amide bonds. The Morgan fingerprint density at radius 2 is 1.62 bits per heavy atom. The SMILES string of the molecule is CNCC(C)(O)C(c1ccccc1)c1ccc(SC2CCCCC2)cc1. The standard InChI is InChI=1S/C23H31NOS/c1-23(25,17-24-2)22(18-9-5-3-6-10-18)19-13-15-21(16-14-19)26-20-11-7-4-8-12-20/h3,5-6,9-10,13-16,20,22,24-25H,4,7-8,11-12,17H2,1-2H3. The highest BCUT2D eigenvalue weighted by molar-refractivity contribution is 8.00. The Hall–Kier alpha value is -1.29. The van der Waals surface area contributed by atoms with Gasteiger partial charge in [0.2, 0.25) is 0 Å². The molecule has 2 nitrogen and oxygen atoms in total. The van der Waals surface area contributed by atoms with Crippen molar-refractivity contribution in [1.82, 2.24) is 5.32 Å². The molecule has 2 atom stereocenters. The zero-order chi connectivity index (χ0) is 18.4. The van der Waals surface area contributed by atoms with E-state index in [1.54, 1.807) is 0 Å². The van der Waals surface area contributed by atoms with Crippen LogP contribution in [0.2, 0.25) is 0 Å². The quantitative estimate of drug-likeness (QED) is 0.702. The van der Waals surface area contributed by atoms with E-state index in [2.05, 4.69) is 41.7 Å². The summed E-state index contributed by atoms with van der Waals surface area (Å²) in [6.45, 7) is 2.47. The molecule has 0 spiro atoms. The molecule has 3 rings (SSSR count). The van der Waals surface area contributed by atoms with E-state index in [0.717, 1.165) is 10.8 Å². The second-order valence-corrected chi connectivity index (χ2v) is 9.05. The van der Waals surface area contributed by atoms with Gasteiger partial charge in [-0.1, -0.05) is 61.7 Å². The Morgan fingerprint density at radius 3 is 2.23 bits per heavy atom. The van der Waals surface area contributed by atoms with Crippen LogP contribution in [0.15, 0.2) is 59.5 Å². The van der Waals surface area contributed by atoms with Gasteiger partial charge < -0.3 is 10.4 Å². The summed E-state index contributed by atoms with van der Waals surface area (Å²) >= 11 is 2.02. The minimum Gasteiger partial charge on any atom is -0.388 e. The Morgan fingerprint density at radius 1 is 1.00 bits per heavy atom. The third-order valence-electron chi connectivity index (χ3n) is 5.36. The van der Waals surface area contributed by atoms with E-state index in [1.807, 2.05) is 43.9 Å². The van der Waals surface area contributed by atoms with Crippen LogP contribution in [-0.4, -0.2) is 29.5 Å². The maximum atomic E-state index is 11.1.